The molecule has 0 saturated carbocycles. The van der Waals surface area contributed by atoms with Gasteiger partial charge in [-0.15, -0.1) is 4.85 Å². The van der Waals surface area contributed by atoms with E-state index in [9.17, 15) is 5.21 Å². The quantitative estimate of drug-likeness (QED) is 0.304. The predicted octanol–water partition coefficient (Wildman–Crippen LogP) is 0.590. The van der Waals surface area contributed by atoms with Crippen LogP contribution in [0.15, 0.2) is 17.1 Å². The Bertz CT molecular complexity index is 326. The van der Waals surface area contributed by atoms with Crippen LogP contribution in [-0.4, -0.2) is 30.4 Å². The molecule has 0 aliphatic rings. The summed E-state index contributed by atoms with van der Waals surface area (Å²) in [7, 11) is 3.62. The molecule has 6 heteroatoms. The zero-order chi connectivity index (χ0) is 9.84. The van der Waals surface area contributed by atoms with E-state index in [1.165, 1.54) is 18.5 Å². The molecule has 1 rings (SSSR count). The molecule has 1 aromatic heterocycles. The number of aliphatic imine (C=N–C) groups is 1. The molecule has 0 fully saturated rings. The van der Waals surface area contributed by atoms with E-state index in [1.54, 1.807) is 4.90 Å². The Morgan fingerprint density at radius 1 is 1.62 bits per heavy atom. The smallest absolute Gasteiger partial charge is 0.348 e. The normalized spacial score (nSPS) is 10.7. The molecule has 0 aliphatic carbocycles. The van der Waals surface area contributed by atoms with Gasteiger partial charge in [-0.3, -0.25) is 0 Å². The van der Waals surface area contributed by atoms with Crippen LogP contribution in [0.1, 0.15) is 0 Å². The number of hydrogen-bond acceptors (Lipinski definition) is 3. The van der Waals surface area contributed by atoms with E-state index in [4.69, 9.17) is 11.6 Å². The molecule has 5 nitrogen and oxygen atoms in total. The Balaban J connectivity index is 2.90. The average molecular weight is 201 g/mol. The maximum absolute atomic E-state index is 11.0. The lowest BCUT2D eigenvalue weighted by atomic mass is 10.5. The van der Waals surface area contributed by atoms with Crippen molar-refractivity contribution in [2.75, 3.05) is 14.1 Å². The summed E-state index contributed by atoms with van der Waals surface area (Å²) >= 11 is 5.49. The van der Waals surface area contributed by atoms with Gasteiger partial charge in [-0.2, -0.15) is 0 Å². The lowest BCUT2D eigenvalue weighted by Crippen LogP contribution is -2.31. The highest BCUT2D eigenvalue weighted by Crippen LogP contribution is 2.06. The first-order valence-electron chi connectivity index (χ1n) is 3.56. The van der Waals surface area contributed by atoms with Crippen LogP contribution in [-0.2, 0) is 0 Å². The first-order chi connectivity index (χ1) is 6.09. The lowest BCUT2D eigenvalue weighted by molar-refractivity contribution is -0.655. The zero-order valence-corrected chi connectivity index (χ0v) is 8.06. The fourth-order valence-corrected chi connectivity index (χ4v) is 0.777. The molecule has 1 heterocycles. The second-order valence-corrected chi connectivity index (χ2v) is 2.98. The largest absolute Gasteiger partial charge is 0.690 e. The van der Waals surface area contributed by atoms with Crippen molar-refractivity contribution in [2.45, 2.75) is 0 Å². The highest BCUT2D eigenvalue weighted by Gasteiger charge is 2.03. The van der Waals surface area contributed by atoms with Crippen LogP contribution < -0.4 is 4.85 Å². The Kier molecular flexibility index (Phi) is 3.02. The van der Waals surface area contributed by atoms with Crippen LogP contribution in [0.2, 0.25) is 5.15 Å². The summed E-state index contributed by atoms with van der Waals surface area (Å²) in [5, 5.41) is 14.6. The molecule has 0 aromatic carbocycles. The molecule has 0 spiro atoms. The molecule has 0 amide bonds. The van der Waals surface area contributed by atoms with Crippen LogP contribution in [0.5, 0.6) is 0 Å². The van der Waals surface area contributed by atoms with Gasteiger partial charge in [-0.25, -0.2) is 0 Å². The standard InChI is InChI=1S/C7H9ClN4O/c1-11(2)5-9-7-4-3-6(8)10-12(7)13/h3-5H,1-2H3. The van der Waals surface area contributed by atoms with Crippen molar-refractivity contribution >= 4 is 23.8 Å². The summed E-state index contributed by atoms with van der Waals surface area (Å²) in [6, 6.07) is 3.01. The van der Waals surface area contributed by atoms with Crippen molar-refractivity contribution in [3.63, 3.8) is 0 Å². The lowest BCUT2D eigenvalue weighted by Gasteiger charge is -2.01. The van der Waals surface area contributed by atoms with Crippen LogP contribution in [0.3, 0.4) is 0 Å². The molecule has 0 radical (unpaired) electrons. The third-order valence-corrected chi connectivity index (χ3v) is 1.37. The van der Waals surface area contributed by atoms with Gasteiger partial charge >= 0.3 is 5.82 Å². The predicted molar refractivity (Wildman–Crippen MR) is 50.0 cm³/mol. The van der Waals surface area contributed by atoms with E-state index in [0.29, 0.717) is 4.85 Å². The molecule has 0 saturated heterocycles. The van der Waals surface area contributed by atoms with Crippen LogP contribution >= 0.6 is 11.6 Å². The molecule has 13 heavy (non-hydrogen) atoms. The summed E-state index contributed by atoms with van der Waals surface area (Å²) in [5.41, 5.74) is 0. The Labute approximate surface area is 80.9 Å². The zero-order valence-electron chi connectivity index (χ0n) is 7.31. The van der Waals surface area contributed by atoms with Gasteiger partial charge in [0.15, 0.2) is 5.15 Å². The van der Waals surface area contributed by atoms with E-state index < -0.39 is 0 Å². The number of aromatic nitrogens is 2. The van der Waals surface area contributed by atoms with Crippen LogP contribution in [0, 0.1) is 5.21 Å². The summed E-state index contributed by atoms with van der Waals surface area (Å²) in [5.74, 6) is 0.207. The van der Waals surface area contributed by atoms with E-state index in [2.05, 4.69) is 10.1 Å². The molecular formula is C7H9ClN4O. The van der Waals surface area contributed by atoms with E-state index in [0.717, 1.165) is 0 Å². The highest BCUT2D eigenvalue weighted by molar-refractivity contribution is 6.29. The summed E-state index contributed by atoms with van der Waals surface area (Å²) in [4.78, 5) is 5.97. The monoisotopic (exact) mass is 200 g/mol. The van der Waals surface area contributed by atoms with Gasteiger partial charge in [0, 0.05) is 20.2 Å². The Morgan fingerprint density at radius 2 is 2.31 bits per heavy atom. The summed E-state index contributed by atoms with van der Waals surface area (Å²) in [6.07, 6.45) is 1.51. The van der Waals surface area contributed by atoms with Gasteiger partial charge in [-0.05, 0) is 11.1 Å². The van der Waals surface area contributed by atoms with E-state index in [1.807, 2.05) is 14.1 Å². The minimum atomic E-state index is 0.152. The third kappa shape index (κ3) is 2.87. The molecule has 0 unspecified atom stereocenters. The minimum absolute atomic E-state index is 0.152. The summed E-state index contributed by atoms with van der Waals surface area (Å²) < 4.78 is 0. The van der Waals surface area contributed by atoms with Gasteiger partial charge in [0.25, 0.3) is 0 Å². The maximum Gasteiger partial charge on any atom is 0.348 e. The molecule has 1 aromatic rings. The minimum Gasteiger partial charge on any atom is -0.690 e. The van der Waals surface area contributed by atoms with Crippen molar-refractivity contribution < 1.29 is 4.85 Å². The Morgan fingerprint density at radius 3 is 2.85 bits per heavy atom. The van der Waals surface area contributed by atoms with Gasteiger partial charge in [-0.1, -0.05) is 16.7 Å². The fraction of sp³-hybridized carbons (Fsp3) is 0.286. The maximum atomic E-state index is 11.0. The first-order valence-corrected chi connectivity index (χ1v) is 3.94. The number of nitrogens with zero attached hydrogens (tertiary/aromatic N) is 4. The molecule has 0 atom stereocenters. The van der Waals surface area contributed by atoms with Crippen molar-refractivity contribution in [1.82, 2.24) is 10.00 Å². The summed E-state index contributed by atoms with van der Waals surface area (Å²) in [6.45, 7) is 0. The SMILES string of the molecule is CN(C)C=Nc1ccc(Cl)n[n+]1[O-]. The van der Waals surface area contributed by atoms with Crippen LogP contribution in [0.4, 0.5) is 5.82 Å². The highest BCUT2D eigenvalue weighted by atomic mass is 35.5. The van der Waals surface area contributed by atoms with E-state index >= 15 is 0 Å². The second-order valence-electron chi connectivity index (χ2n) is 2.60. The molecule has 0 N–H and O–H groups in total. The van der Waals surface area contributed by atoms with Crippen molar-refractivity contribution in [3.05, 3.63) is 22.5 Å². The average Bonchev–Trinajstić information content (AvgIpc) is 2.02. The Hall–Kier alpha value is -1.36. The van der Waals surface area contributed by atoms with Gasteiger partial charge in [0.1, 0.15) is 0 Å². The topological polar surface area (TPSA) is 55.4 Å². The van der Waals surface area contributed by atoms with Gasteiger partial charge in [0.2, 0.25) is 6.34 Å². The van der Waals surface area contributed by atoms with Crippen LogP contribution in [0.25, 0.3) is 0 Å². The van der Waals surface area contributed by atoms with E-state index in [-0.39, 0.29) is 11.0 Å². The molecular weight excluding hydrogens is 192 g/mol. The molecule has 0 bridgehead atoms. The van der Waals surface area contributed by atoms with Crippen molar-refractivity contribution in [3.8, 4) is 0 Å². The number of halogens is 1. The van der Waals surface area contributed by atoms with Crippen molar-refractivity contribution in [2.24, 2.45) is 4.99 Å². The number of rotatable bonds is 2. The van der Waals surface area contributed by atoms with Gasteiger partial charge in [0.05, 0.1) is 0 Å². The fourth-order valence-electron chi connectivity index (χ4n) is 0.645. The third-order valence-electron chi connectivity index (χ3n) is 1.17. The van der Waals surface area contributed by atoms with Gasteiger partial charge < -0.3 is 10.1 Å². The number of hydrogen-bond donors (Lipinski definition) is 0. The second kappa shape index (κ2) is 4.04. The molecule has 0 aliphatic heterocycles. The first kappa shape index (κ1) is 9.73. The van der Waals surface area contributed by atoms with Crippen molar-refractivity contribution in [1.29, 1.82) is 0 Å². The molecule has 70 valence electrons.